The van der Waals surface area contributed by atoms with Crippen LogP contribution < -0.4 is 0 Å². The van der Waals surface area contributed by atoms with Crippen LogP contribution in [0.4, 0.5) is 0 Å². The first-order valence-corrected chi connectivity index (χ1v) is 16.7. The number of hydrogen-bond donors (Lipinski definition) is 1. The van der Waals surface area contributed by atoms with Crippen LogP contribution in [0.5, 0.6) is 0 Å². The third kappa shape index (κ3) is 29.2. The number of unbranched alkanes of at least 4 members (excludes halogenated alkanes) is 19. The van der Waals surface area contributed by atoms with Gasteiger partial charge in [-0.1, -0.05) is 129 Å². The second-order valence-corrected chi connectivity index (χ2v) is 11.3. The first kappa shape index (κ1) is 36.7. The van der Waals surface area contributed by atoms with Gasteiger partial charge in [-0.15, -0.1) is 0 Å². The molecule has 0 aromatic rings. The first-order chi connectivity index (χ1) is 18.6. The van der Waals surface area contributed by atoms with Crippen molar-refractivity contribution in [3.05, 3.63) is 12.2 Å². The molecule has 0 aliphatic heterocycles. The molecule has 0 spiro atoms. The van der Waals surface area contributed by atoms with Crippen LogP contribution in [0.2, 0.25) is 0 Å². The van der Waals surface area contributed by atoms with E-state index in [1.807, 2.05) is 0 Å². The van der Waals surface area contributed by atoms with Crippen molar-refractivity contribution in [2.45, 2.75) is 193 Å². The van der Waals surface area contributed by atoms with Crippen LogP contribution in [-0.2, 0) is 14.3 Å². The van der Waals surface area contributed by atoms with Crippen LogP contribution >= 0.6 is 0 Å². The first-order valence-electron chi connectivity index (χ1n) is 16.7. The van der Waals surface area contributed by atoms with Crippen molar-refractivity contribution in [1.29, 1.82) is 0 Å². The van der Waals surface area contributed by atoms with Gasteiger partial charge in [-0.25, -0.2) is 0 Å². The van der Waals surface area contributed by atoms with E-state index in [1.165, 1.54) is 96.3 Å². The van der Waals surface area contributed by atoms with Gasteiger partial charge in [0.05, 0.1) is 0 Å². The van der Waals surface area contributed by atoms with Gasteiger partial charge < -0.3 is 9.84 Å². The molecular weight excluding hydrogens is 472 g/mol. The number of carbonyl (C=O) groups is 2. The lowest BCUT2D eigenvalue weighted by molar-refractivity contribution is -0.150. The predicted molar refractivity (Wildman–Crippen MR) is 163 cm³/mol. The molecule has 1 unspecified atom stereocenters. The topological polar surface area (TPSA) is 63.6 Å². The number of esters is 1. The molecule has 38 heavy (non-hydrogen) atoms. The van der Waals surface area contributed by atoms with Crippen LogP contribution in [0.25, 0.3) is 0 Å². The second kappa shape index (κ2) is 30.2. The lowest BCUT2D eigenvalue weighted by Gasteiger charge is -2.18. The summed E-state index contributed by atoms with van der Waals surface area (Å²) in [4.78, 5) is 22.9. The molecule has 4 heteroatoms. The highest BCUT2D eigenvalue weighted by molar-refractivity contribution is 5.69. The van der Waals surface area contributed by atoms with Gasteiger partial charge in [0.25, 0.3) is 0 Å². The molecule has 0 aliphatic rings. The van der Waals surface area contributed by atoms with E-state index in [2.05, 4.69) is 26.0 Å². The number of aliphatic carboxylic acids is 1. The molecule has 0 rings (SSSR count). The molecule has 1 atom stereocenters. The Kier molecular flexibility index (Phi) is 29.2. The van der Waals surface area contributed by atoms with Crippen molar-refractivity contribution in [2.75, 3.05) is 0 Å². The van der Waals surface area contributed by atoms with Gasteiger partial charge in [-0.3, -0.25) is 9.59 Å². The molecule has 4 nitrogen and oxygen atoms in total. The Morgan fingerprint density at radius 3 is 1.50 bits per heavy atom. The Morgan fingerprint density at radius 1 is 0.553 bits per heavy atom. The van der Waals surface area contributed by atoms with Crippen molar-refractivity contribution in [2.24, 2.45) is 0 Å². The molecule has 0 aliphatic carbocycles. The van der Waals surface area contributed by atoms with Gasteiger partial charge >= 0.3 is 11.9 Å². The number of ether oxygens (including phenoxy) is 1. The monoisotopic (exact) mass is 536 g/mol. The summed E-state index contributed by atoms with van der Waals surface area (Å²) in [5.41, 5.74) is 0. The van der Waals surface area contributed by atoms with Crippen LogP contribution in [0.1, 0.15) is 187 Å². The van der Waals surface area contributed by atoms with E-state index in [9.17, 15) is 9.59 Å². The molecular formula is C34H64O4. The second-order valence-electron chi connectivity index (χ2n) is 11.3. The van der Waals surface area contributed by atoms with Crippen molar-refractivity contribution >= 4 is 11.9 Å². The third-order valence-corrected chi connectivity index (χ3v) is 7.49. The minimum Gasteiger partial charge on any atom is -0.481 e. The summed E-state index contributed by atoms with van der Waals surface area (Å²) in [5.74, 6) is -0.668. The Labute approximate surface area is 236 Å². The molecule has 0 radical (unpaired) electrons. The Hall–Kier alpha value is -1.32. The molecule has 1 N–H and O–H groups in total. The van der Waals surface area contributed by atoms with E-state index in [0.717, 1.165) is 64.2 Å². The van der Waals surface area contributed by atoms with E-state index in [0.29, 0.717) is 12.8 Å². The molecule has 224 valence electrons. The molecule has 0 saturated carbocycles. The number of rotatable bonds is 30. The maximum atomic E-state index is 12.4. The van der Waals surface area contributed by atoms with Crippen molar-refractivity contribution in [3.8, 4) is 0 Å². The standard InChI is InChI=1S/C34H64O4/c1-3-5-7-8-9-10-11-12-13-14-18-21-24-27-31-34(37)38-32(28-6-4-2)29-25-22-19-16-15-17-20-23-26-30-33(35)36/h10-11,32H,3-9,12-31H2,1-2H3,(H,35,36)/b11-10-. The Morgan fingerprint density at radius 2 is 0.974 bits per heavy atom. The average Bonchev–Trinajstić information content (AvgIpc) is 2.90. The SMILES string of the molecule is CCCCCC/C=C\CCCCCCCCC(=O)OC(CCCC)CCCCCCCCCCCC(=O)O. The number of carboxylic acids is 1. The molecule has 0 bridgehead atoms. The normalized spacial score (nSPS) is 12.3. The summed E-state index contributed by atoms with van der Waals surface area (Å²) in [6.07, 6.45) is 35.4. The van der Waals surface area contributed by atoms with Crippen LogP contribution in [0.3, 0.4) is 0 Å². The fourth-order valence-corrected chi connectivity index (χ4v) is 4.99. The maximum absolute atomic E-state index is 12.4. The van der Waals surface area contributed by atoms with Crippen LogP contribution in [-0.4, -0.2) is 23.1 Å². The smallest absolute Gasteiger partial charge is 0.306 e. The zero-order chi connectivity index (χ0) is 27.9. The Bertz CT molecular complexity index is 543. The van der Waals surface area contributed by atoms with Gasteiger partial charge in [0.1, 0.15) is 6.10 Å². The van der Waals surface area contributed by atoms with Gasteiger partial charge in [-0.2, -0.15) is 0 Å². The molecule has 0 aromatic carbocycles. The van der Waals surface area contributed by atoms with Crippen molar-refractivity contribution in [1.82, 2.24) is 0 Å². The Balaban J connectivity index is 3.68. The predicted octanol–water partition coefficient (Wildman–Crippen LogP) is 11.1. The maximum Gasteiger partial charge on any atom is 0.306 e. The van der Waals surface area contributed by atoms with Gasteiger partial charge in [0, 0.05) is 12.8 Å². The summed E-state index contributed by atoms with van der Waals surface area (Å²) >= 11 is 0. The third-order valence-electron chi connectivity index (χ3n) is 7.49. The summed E-state index contributed by atoms with van der Waals surface area (Å²) in [7, 11) is 0. The lowest BCUT2D eigenvalue weighted by atomic mass is 10.0. The summed E-state index contributed by atoms with van der Waals surface area (Å²) in [6, 6.07) is 0. The molecule has 0 amide bonds. The highest BCUT2D eigenvalue weighted by Gasteiger charge is 2.13. The minimum absolute atomic E-state index is 0.0121. The lowest BCUT2D eigenvalue weighted by Crippen LogP contribution is -2.18. The fraction of sp³-hybridized carbons (Fsp3) is 0.882. The minimum atomic E-state index is -0.680. The largest absolute Gasteiger partial charge is 0.481 e. The summed E-state index contributed by atoms with van der Waals surface area (Å²) in [6.45, 7) is 4.46. The summed E-state index contributed by atoms with van der Waals surface area (Å²) < 4.78 is 5.88. The van der Waals surface area contributed by atoms with E-state index in [1.54, 1.807) is 0 Å². The number of carbonyl (C=O) groups excluding carboxylic acids is 1. The van der Waals surface area contributed by atoms with Crippen LogP contribution in [0.15, 0.2) is 12.2 Å². The molecule has 0 saturated heterocycles. The van der Waals surface area contributed by atoms with Crippen molar-refractivity contribution in [3.63, 3.8) is 0 Å². The zero-order valence-electron chi connectivity index (χ0n) is 25.5. The highest BCUT2D eigenvalue weighted by atomic mass is 16.5. The van der Waals surface area contributed by atoms with E-state index in [-0.39, 0.29) is 12.1 Å². The van der Waals surface area contributed by atoms with Gasteiger partial charge in [0.15, 0.2) is 0 Å². The zero-order valence-corrected chi connectivity index (χ0v) is 25.5. The van der Waals surface area contributed by atoms with E-state index >= 15 is 0 Å². The fourth-order valence-electron chi connectivity index (χ4n) is 4.99. The molecule has 0 aromatic heterocycles. The van der Waals surface area contributed by atoms with Crippen molar-refractivity contribution < 1.29 is 19.4 Å². The number of allylic oxidation sites excluding steroid dienone is 2. The average molecular weight is 537 g/mol. The van der Waals surface area contributed by atoms with Crippen LogP contribution in [0, 0.1) is 0 Å². The van der Waals surface area contributed by atoms with E-state index < -0.39 is 5.97 Å². The number of hydrogen-bond acceptors (Lipinski definition) is 3. The number of carboxylic acid groups (broad SMARTS) is 1. The van der Waals surface area contributed by atoms with E-state index in [4.69, 9.17) is 9.84 Å². The summed E-state index contributed by atoms with van der Waals surface area (Å²) in [5, 5.41) is 8.66. The molecule has 0 fully saturated rings. The molecule has 0 heterocycles. The highest BCUT2D eigenvalue weighted by Crippen LogP contribution is 2.17. The quantitative estimate of drug-likeness (QED) is 0.0563. The van der Waals surface area contributed by atoms with Gasteiger partial charge in [0.2, 0.25) is 0 Å². The van der Waals surface area contributed by atoms with Gasteiger partial charge in [-0.05, 0) is 57.8 Å².